The SMILES string of the molecule is CCn1cc(C(=O)Nc2ccc3c(c2)c2ccccc2n3CC)c(=O)c2cc(OC)ccc21. The lowest BCUT2D eigenvalue weighted by Gasteiger charge is -2.13. The maximum Gasteiger partial charge on any atom is 0.261 e. The van der Waals surface area contributed by atoms with Gasteiger partial charge in [0.25, 0.3) is 5.91 Å². The van der Waals surface area contributed by atoms with Crippen LogP contribution in [-0.2, 0) is 13.1 Å². The van der Waals surface area contributed by atoms with Crippen molar-refractivity contribution in [1.82, 2.24) is 9.13 Å². The summed E-state index contributed by atoms with van der Waals surface area (Å²) in [6, 6.07) is 19.5. The second-order valence-electron chi connectivity index (χ2n) is 7.99. The Hall–Kier alpha value is -4.06. The van der Waals surface area contributed by atoms with Crippen molar-refractivity contribution in [3.8, 4) is 5.75 Å². The molecule has 0 spiro atoms. The smallest absolute Gasteiger partial charge is 0.261 e. The van der Waals surface area contributed by atoms with E-state index in [1.54, 1.807) is 19.4 Å². The molecule has 2 heterocycles. The fourth-order valence-corrected chi connectivity index (χ4v) is 4.60. The monoisotopic (exact) mass is 439 g/mol. The number of anilines is 1. The summed E-state index contributed by atoms with van der Waals surface area (Å²) in [5, 5.41) is 5.60. The second-order valence-corrected chi connectivity index (χ2v) is 7.99. The number of nitrogens with one attached hydrogen (secondary N) is 1. The number of methoxy groups -OCH3 is 1. The lowest BCUT2D eigenvalue weighted by Crippen LogP contribution is -2.23. The minimum atomic E-state index is -0.425. The van der Waals surface area contributed by atoms with Gasteiger partial charge in [-0.3, -0.25) is 9.59 Å². The van der Waals surface area contributed by atoms with Crippen LogP contribution in [0.2, 0.25) is 0 Å². The number of carbonyl (C=O) groups excluding carboxylic acids is 1. The van der Waals surface area contributed by atoms with Gasteiger partial charge in [-0.15, -0.1) is 0 Å². The molecule has 0 unspecified atom stereocenters. The molecular weight excluding hydrogens is 414 g/mol. The van der Waals surface area contributed by atoms with E-state index < -0.39 is 5.91 Å². The maximum atomic E-state index is 13.2. The van der Waals surface area contributed by atoms with Gasteiger partial charge in [0.05, 0.1) is 18.0 Å². The third-order valence-electron chi connectivity index (χ3n) is 6.22. The average molecular weight is 440 g/mol. The zero-order chi connectivity index (χ0) is 23.1. The first-order valence-electron chi connectivity index (χ1n) is 11.1. The lowest BCUT2D eigenvalue weighted by molar-refractivity contribution is 0.102. The highest BCUT2D eigenvalue weighted by Gasteiger charge is 2.17. The Labute approximate surface area is 191 Å². The summed E-state index contributed by atoms with van der Waals surface area (Å²) in [5.41, 5.74) is 3.49. The zero-order valence-electron chi connectivity index (χ0n) is 18.9. The predicted molar refractivity (Wildman–Crippen MR) is 134 cm³/mol. The van der Waals surface area contributed by atoms with Crippen LogP contribution in [0.25, 0.3) is 32.7 Å². The van der Waals surface area contributed by atoms with Crippen LogP contribution in [0.3, 0.4) is 0 Å². The van der Waals surface area contributed by atoms with E-state index in [0.29, 0.717) is 23.4 Å². The van der Waals surface area contributed by atoms with Crippen LogP contribution < -0.4 is 15.5 Å². The molecule has 3 aromatic carbocycles. The Morgan fingerprint density at radius 3 is 2.39 bits per heavy atom. The Balaban J connectivity index is 1.59. The van der Waals surface area contributed by atoms with Gasteiger partial charge in [-0.25, -0.2) is 0 Å². The Bertz CT molecular complexity index is 1590. The highest BCUT2D eigenvalue weighted by molar-refractivity contribution is 6.11. The van der Waals surface area contributed by atoms with Crippen molar-refractivity contribution >= 4 is 44.3 Å². The molecule has 0 aliphatic rings. The van der Waals surface area contributed by atoms with Gasteiger partial charge in [-0.05, 0) is 56.3 Å². The van der Waals surface area contributed by atoms with Gasteiger partial charge in [0.15, 0.2) is 0 Å². The molecule has 0 atom stereocenters. The normalized spacial score (nSPS) is 11.4. The molecule has 0 saturated heterocycles. The number of pyridine rings is 1. The standard InChI is InChI=1S/C27H25N3O3/c1-4-29-16-22(26(31)21-15-18(33-3)11-13-23(21)29)27(32)28-17-10-12-25-20(14-17)19-8-6-7-9-24(19)30(25)5-2/h6-16H,4-5H2,1-3H3,(H,28,32). The number of carbonyl (C=O) groups is 1. The van der Waals surface area contributed by atoms with E-state index in [1.165, 1.54) is 0 Å². The van der Waals surface area contributed by atoms with Crippen LogP contribution in [0.15, 0.2) is 71.7 Å². The molecule has 5 rings (SSSR count). The number of benzene rings is 3. The highest BCUT2D eigenvalue weighted by atomic mass is 16.5. The molecule has 0 fully saturated rings. The number of nitrogens with zero attached hydrogens (tertiary/aromatic N) is 2. The van der Waals surface area contributed by atoms with Crippen molar-refractivity contribution in [2.45, 2.75) is 26.9 Å². The average Bonchev–Trinajstić information content (AvgIpc) is 3.17. The minimum absolute atomic E-state index is 0.105. The lowest BCUT2D eigenvalue weighted by atomic mass is 10.1. The quantitative estimate of drug-likeness (QED) is 0.398. The van der Waals surface area contributed by atoms with Crippen molar-refractivity contribution in [1.29, 1.82) is 0 Å². The van der Waals surface area contributed by atoms with Gasteiger partial charge < -0.3 is 19.2 Å². The fourth-order valence-electron chi connectivity index (χ4n) is 4.60. The van der Waals surface area contributed by atoms with Gasteiger partial charge >= 0.3 is 0 Å². The van der Waals surface area contributed by atoms with Gasteiger partial charge in [0.2, 0.25) is 5.43 Å². The maximum absolute atomic E-state index is 13.2. The third kappa shape index (κ3) is 3.35. The first-order chi connectivity index (χ1) is 16.0. The van der Waals surface area contributed by atoms with Crippen LogP contribution in [0.4, 0.5) is 5.69 Å². The molecule has 33 heavy (non-hydrogen) atoms. The highest BCUT2D eigenvalue weighted by Crippen LogP contribution is 2.31. The van der Waals surface area contributed by atoms with Crippen LogP contribution in [0, 0.1) is 0 Å². The molecule has 0 bridgehead atoms. The number of ether oxygens (including phenoxy) is 1. The van der Waals surface area contributed by atoms with E-state index in [0.717, 1.165) is 33.9 Å². The minimum Gasteiger partial charge on any atom is -0.497 e. The van der Waals surface area contributed by atoms with Crippen molar-refractivity contribution < 1.29 is 9.53 Å². The van der Waals surface area contributed by atoms with Crippen LogP contribution >= 0.6 is 0 Å². The fraction of sp³-hybridized carbons (Fsp3) is 0.185. The van der Waals surface area contributed by atoms with Crippen molar-refractivity contribution in [3.05, 3.63) is 82.6 Å². The topological polar surface area (TPSA) is 65.3 Å². The molecule has 0 aliphatic carbocycles. The molecule has 0 aliphatic heterocycles. The first kappa shape index (κ1) is 20.8. The van der Waals surface area contributed by atoms with Crippen LogP contribution in [-0.4, -0.2) is 22.2 Å². The molecule has 6 heteroatoms. The number of hydrogen-bond donors (Lipinski definition) is 1. The van der Waals surface area contributed by atoms with E-state index in [4.69, 9.17) is 4.74 Å². The number of fused-ring (bicyclic) bond motifs is 4. The predicted octanol–water partition coefficient (Wildman–Crippen LogP) is 5.41. The molecule has 2 aromatic heterocycles. The Kier molecular flexibility index (Phi) is 5.13. The Morgan fingerprint density at radius 1 is 0.879 bits per heavy atom. The number of hydrogen-bond acceptors (Lipinski definition) is 3. The van der Waals surface area contributed by atoms with Gasteiger partial charge in [0, 0.05) is 46.8 Å². The summed E-state index contributed by atoms with van der Waals surface area (Å²) in [7, 11) is 1.56. The number of rotatable bonds is 5. The van der Waals surface area contributed by atoms with Gasteiger partial charge in [0.1, 0.15) is 11.3 Å². The molecule has 1 amide bonds. The molecule has 0 radical (unpaired) electrons. The summed E-state index contributed by atoms with van der Waals surface area (Å²) in [5.74, 6) is 0.156. The number of aryl methyl sites for hydroxylation is 2. The molecule has 5 aromatic rings. The number of amides is 1. The summed E-state index contributed by atoms with van der Waals surface area (Å²) in [4.78, 5) is 26.4. The van der Waals surface area contributed by atoms with Crippen molar-refractivity contribution in [2.24, 2.45) is 0 Å². The van der Waals surface area contributed by atoms with E-state index in [2.05, 4.69) is 28.9 Å². The third-order valence-corrected chi connectivity index (χ3v) is 6.22. The first-order valence-corrected chi connectivity index (χ1v) is 11.1. The molecule has 1 N–H and O–H groups in total. The van der Waals surface area contributed by atoms with E-state index in [1.807, 2.05) is 54.0 Å². The number of aromatic nitrogens is 2. The van der Waals surface area contributed by atoms with Crippen molar-refractivity contribution in [3.63, 3.8) is 0 Å². The molecule has 166 valence electrons. The summed E-state index contributed by atoms with van der Waals surface area (Å²) in [6.45, 7) is 5.58. The summed E-state index contributed by atoms with van der Waals surface area (Å²) >= 11 is 0. The largest absolute Gasteiger partial charge is 0.497 e. The van der Waals surface area contributed by atoms with E-state index in [9.17, 15) is 9.59 Å². The second kappa shape index (κ2) is 8.13. The zero-order valence-corrected chi connectivity index (χ0v) is 18.9. The van der Waals surface area contributed by atoms with E-state index >= 15 is 0 Å². The molecule has 0 saturated carbocycles. The van der Waals surface area contributed by atoms with Gasteiger partial charge in [-0.2, -0.15) is 0 Å². The van der Waals surface area contributed by atoms with Crippen LogP contribution in [0.1, 0.15) is 24.2 Å². The molecule has 6 nitrogen and oxygen atoms in total. The molecular formula is C27H25N3O3. The van der Waals surface area contributed by atoms with Crippen molar-refractivity contribution in [2.75, 3.05) is 12.4 Å². The van der Waals surface area contributed by atoms with Gasteiger partial charge in [-0.1, -0.05) is 18.2 Å². The summed E-state index contributed by atoms with van der Waals surface area (Å²) in [6.07, 6.45) is 1.63. The van der Waals surface area contributed by atoms with E-state index in [-0.39, 0.29) is 11.0 Å². The van der Waals surface area contributed by atoms with Crippen LogP contribution in [0.5, 0.6) is 5.75 Å². The Morgan fingerprint density at radius 2 is 1.64 bits per heavy atom. The number of para-hydroxylation sites is 1. The summed E-state index contributed by atoms with van der Waals surface area (Å²) < 4.78 is 9.45.